The lowest BCUT2D eigenvalue weighted by atomic mass is 9.90. The van der Waals surface area contributed by atoms with Gasteiger partial charge >= 0.3 is 0 Å². The first-order valence-electron chi connectivity index (χ1n) is 7.49. The van der Waals surface area contributed by atoms with Gasteiger partial charge in [0.05, 0.1) is 10.7 Å². The molecule has 4 heteroatoms. The molecule has 0 fully saturated rings. The van der Waals surface area contributed by atoms with Crippen LogP contribution in [0.5, 0.6) is 5.75 Å². The van der Waals surface area contributed by atoms with Gasteiger partial charge in [0.15, 0.2) is 5.78 Å². The average molecular weight is 301 g/mol. The van der Waals surface area contributed by atoms with Gasteiger partial charge in [0, 0.05) is 22.9 Å². The van der Waals surface area contributed by atoms with Crippen molar-refractivity contribution in [2.24, 2.45) is 0 Å². The molecule has 0 bridgehead atoms. The third kappa shape index (κ3) is 3.16. The lowest BCUT2D eigenvalue weighted by Crippen LogP contribution is -2.12. The lowest BCUT2D eigenvalue weighted by Gasteiger charge is -2.18. The first-order valence-corrected chi connectivity index (χ1v) is 8.37. The van der Waals surface area contributed by atoms with Gasteiger partial charge in [-0.25, -0.2) is 4.98 Å². The summed E-state index contributed by atoms with van der Waals surface area (Å²) in [6.45, 7) is 2.63. The van der Waals surface area contributed by atoms with Crippen molar-refractivity contribution in [3.63, 3.8) is 0 Å². The second kappa shape index (κ2) is 6.39. The lowest BCUT2D eigenvalue weighted by molar-refractivity contribution is 0.0971. The van der Waals surface area contributed by atoms with Crippen LogP contribution in [-0.4, -0.2) is 10.8 Å². The minimum Gasteiger partial charge on any atom is -0.487 e. The number of aromatic nitrogens is 1. The molecule has 0 amide bonds. The molecule has 0 radical (unpaired) electrons. The monoisotopic (exact) mass is 301 g/mol. The first-order chi connectivity index (χ1) is 10.3. The van der Waals surface area contributed by atoms with Crippen LogP contribution >= 0.6 is 11.3 Å². The molecule has 0 atom stereocenters. The number of carbonyl (C=O) groups excluding carboxylic acids is 1. The van der Waals surface area contributed by atoms with Crippen LogP contribution in [0.4, 0.5) is 0 Å². The van der Waals surface area contributed by atoms with E-state index < -0.39 is 0 Å². The molecule has 0 aliphatic heterocycles. The number of carbonyl (C=O) groups is 1. The maximum absolute atomic E-state index is 11.9. The Kier molecular flexibility index (Phi) is 4.34. The van der Waals surface area contributed by atoms with Crippen molar-refractivity contribution in [2.75, 3.05) is 0 Å². The molecular formula is C17H19NO2S. The van der Waals surface area contributed by atoms with Crippen molar-refractivity contribution < 1.29 is 9.53 Å². The summed E-state index contributed by atoms with van der Waals surface area (Å²) in [5.74, 6) is 1.08. The highest BCUT2D eigenvalue weighted by Gasteiger charge is 2.20. The number of Topliss-reactive ketones (excluding diaryl/α,β-unsaturated/α-hetero) is 1. The molecule has 2 aromatic rings. The highest BCUT2D eigenvalue weighted by atomic mass is 32.1. The maximum atomic E-state index is 11.9. The fourth-order valence-electron chi connectivity index (χ4n) is 2.68. The number of ether oxygens (including phenoxy) is 1. The molecule has 0 saturated carbocycles. The predicted molar refractivity (Wildman–Crippen MR) is 84.2 cm³/mol. The number of aryl methyl sites for hydroxylation is 1. The third-order valence-electron chi connectivity index (χ3n) is 3.70. The SMILES string of the molecule is CCCc1nc(COc2cccc3c2CCCC3=O)cs1. The van der Waals surface area contributed by atoms with Gasteiger partial charge in [-0.1, -0.05) is 19.1 Å². The van der Waals surface area contributed by atoms with E-state index in [1.165, 1.54) is 5.01 Å². The van der Waals surface area contributed by atoms with Crippen LogP contribution in [0.2, 0.25) is 0 Å². The van der Waals surface area contributed by atoms with Crippen molar-refractivity contribution in [2.45, 2.75) is 45.6 Å². The van der Waals surface area contributed by atoms with Gasteiger partial charge < -0.3 is 4.74 Å². The van der Waals surface area contributed by atoms with E-state index in [1.807, 2.05) is 18.2 Å². The molecule has 0 N–H and O–H groups in total. The van der Waals surface area contributed by atoms with Crippen LogP contribution in [0.3, 0.4) is 0 Å². The standard InChI is InChI=1S/C17H19NO2S/c1-2-5-17-18-12(11-21-17)10-20-16-9-4-6-13-14(16)7-3-8-15(13)19/h4,6,9,11H,2-3,5,7-8,10H2,1H3. The molecule has 1 aliphatic carbocycles. The fraction of sp³-hybridized carbons (Fsp3) is 0.412. The zero-order valence-electron chi connectivity index (χ0n) is 12.2. The second-order valence-corrected chi connectivity index (χ2v) is 6.27. The van der Waals surface area contributed by atoms with Gasteiger partial charge in [0.1, 0.15) is 12.4 Å². The van der Waals surface area contributed by atoms with Crippen molar-refractivity contribution in [3.05, 3.63) is 45.4 Å². The molecule has 1 aromatic heterocycles. The molecule has 110 valence electrons. The number of benzene rings is 1. The van der Waals surface area contributed by atoms with Crippen molar-refractivity contribution in [1.82, 2.24) is 4.98 Å². The number of hydrogen-bond acceptors (Lipinski definition) is 4. The molecule has 0 unspecified atom stereocenters. The number of thiazole rings is 1. The Morgan fingerprint density at radius 1 is 1.33 bits per heavy atom. The maximum Gasteiger partial charge on any atom is 0.163 e. The van der Waals surface area contributed by atoms with Gasteiger partial charge in [0.25, 0.3) is 0 Å². The van der Waals surface area contributed by atoms with Crippen LogP contribution in [-0.2, 0) is 19.4 Å². The molecule has 3 rings (SSSR count). The Labute approximate surface area is 129 Å². The van der Waals surface area contributed by atoms with Gasteiger partial charge in [-0.3, -0.25) is 4.79 Å². The summed E-state index contributed by atoms with van der Waals surface area (Å²) >= 11 is 1.69. The van der Waals surface area contributed by atoms with Crippen LogP contribution in [0.25, 0.3) is 0 Å². The Bertz CT molecular complexity index is 648. The normalized spacial score (nSPS) is 14.0. The zero-order chi connectivity index (χ0) is 14.7. The topological polar surface area (TPSA) is 39.2 Å². The molecule has 0 saturated heterocycles. The smallest absolute Gasteiger partial charge is 0.163 e. The summed E-state index contributed by atoms with van der Waals surface area (Å²) in [5, 5.41) is 3.23. The minimum absolute atomic E-state index is 0.237. The van der Waals surface area contributed by atoms with E-state index in [4.69, 9.17) is 4.74 Å². The number of fused-ring (bicyclic) bond motifs is 1. The van der Waals surface area contributed by atoms with E-state index in [1.54, 1.807) is 11.3 Å². The number of nitrogens with zero attached hydrogens (tertiary/aromatic N) is 1. The van der Waals surface area contributed by atoms with Crippen LogP contribution in [0, 0.1) is 0 Å². The fourth-order valence-corrected chi connectivity index (χ4v) is 3.56. The highest BCUT2D eigenvalue weighted by molar-refractivity contribution is 7.09. The van der Waals surface area contributed by atoms with E-state index in [0.717, 1.165) is 48.3 Å². The number of ketones is 1. The first kappa shape index (κ1) is 14.3. The molecule has 1 aromatic carbocycles. The van der Waals surface area contributed by atoms with E-state index >= 15 is 0 Å². The van der Waals surface area contributed by atoms with Crippen molar-refractivity contribution >= 4 is 17.1 Å². The van der Waals surface area contributed by atoms with Crippen molar-refractivity contribution in [3.8, 4) is 5.75 Å². The summed E-state index contributed by atoms with van der Waals surface area (Å²) in [6.07, 6.45) is 4.64. The number of hydrogen-bond donors (Lipinski definition) is 0. The minimum atomic E-state index is 0.237. The summed E-state index contributed by atoms with van der Waals surface area (Å²) < 4.78 is 5.92. The quantitative estimate of drug-likeness (QED) is 0.831. The molecule has 0 spiro atoms. The third-order valence-corrected chi connectivity index (χ3v) is 4.66. The predicted octanol–water partition coefficient (Wildman–Crippen LogP) is 4.19. The molecule has 1 heterocycles. The molecule has 21 heavy (non-hydrogen) atoms. The average Bonchev–Trinajstić information content (AvgIpc) is 2.94. The molecule has 1 aliphatic rings. The van der Waals surface area contributed by atoms with Gasteiger partial charge in [-0.05, 0) is 31.7 Å². The largest absolute Gasteiger partial charge is 0.487 e. The summed E-state index contributed by atoms with van der Waals surface area (Å²) in [6, 6.07) is 5.77. The zero-order valence-corrected chi connectivity index (χ0v) is 13.0. The van der Waals surface area contributed by atoms with E-state index in [2.05, 4.69) is 17.3 Å². The van der Waals surface area contributed by atoms with Crippen molar-refractivity contribution in [1.29, 1.82) is 0 Å². The van der Waals surface area contributed by atoms with Gasteiger partial charge in [-0.2, -0.15) is 0 Å². The Morgan fingerprint density at radius 2 is 2.24 bits per heavy atom. The number of rotatable bonds is 5. The molecule has 3 nitrogen and oxygen atoms in total. The summed E-state index contributed by atoms with van der Waals surface area (Å²) in [5.41, 5.74) is 2.88. The van der Waals surface area contributed by atoms with E-state index in [-0.39, 0.29) is 5.78 Å². The Morgan fingerprint density at radius 3 is 3.10 bits per heavy atom. The van der Waals surface area contributed by atoms with Gasteiger partial charge in [0.2, 0.25) is 0 Å². The molecular weight excluding hydrogens is 282 g/mol. The van der Waals surface area contributed by atoms with Crippen LogP contribution in [0.1, 0.15) is 52.8 Å². The van der Waals surface area contributed by atoms with Crippen LogP contribution < -0.4 is 4.74 Å². The summed E-state index contributed by atoms with van der Waals surface area (Å²) in [4.78, 5) is 16.5. The van der Waals surface area contributed by atoms with Gasteiger partial charge in [-0.15, -0.1) is 11.3 Å². The van der Waals surface area contributed by atoms with E-state index in [0.29, 0.717) is 13.0 Å². The van der Waals surface area contributed by atoms with Crippen LogP contribution in [0.15, 0.2) is 23.6 Å². The Balaban J connectivity index is 1.73. The highest BCUT2D eigenvalue weighted by Crippen LogP contribution is 2.30. The van der Waals surface area contributed by atoms with E-state index in [9.17, 15) is 4.79 Å². The second-order valence-electron chi connectivity index (χ2n) is 5.33. The summed E-state index contributed by atoms with van der Waals surface area (Å²) in [7, 11) is 0. The Hall–Kier alpha value is -1.68.